The number of carbonyl (C=O) groups excluding carboxylic acids is 2. The molecule has 0 radical (unpaired) electrons. The van der Waals surface area contributed by atoms with Crippen molar-refractivity contribution in [2.24, 2.45) is 11.7 Å². The fourth-order valence-corrected chi connectivity index (χ4v) is 2.54. The summed E-state index contributed by atoms with van der Waals surface area (Å²) in [5.74, 6) is -0.321. The number of hydrogen-bond acceptors (Lipinski definition) is 4. The number of hydrogen-bond donors (Lipinski definition) is 3. The molecule has 0 spiro atoms. The summed E-state index contributed by atoms with van der Waals surface area (Å²) in [5.41, 5.74) is 5.72. The van der Waals surface area contributed by atoms with E-state index >= 15 is 0 Å². The van der Waals surface area contributed by atoms with E-state index in [2.05, 4.69) is 15.5 Å². The van der Waals surface area contributed by atoms with E-state index in [1.165, 1.54) is 12.8 Å². The van der Waals surface area contributed by atoms with E-state index in [-0.39, 0.29) is 55.1 Å². The second-order valence-corrected chi connectivity index (χ2v) is 6.27. The van der Waals surface area contributed by atoms with Crippen LogP contribution in [0.1, 0.15) is 33.1 Å². The van der Waals surface area contributed by atoms with E-state index < -0.39 is 6.04 Å². The van der Waals surface area contributed by atoms with Crippen LogP contribution in [0.15, 0.2) is 0 Å². The van der Waals surface area contributed by atoms with Gasteiger partial charge in [-0.2, -0.15) is 0 Å². The summed E-state index contributed by atoms with van der Waals surface area (Å²) in [7, 11) is 0. The second kappa shape index (κ2) is 9.55. The minimum atomic E-state index is -0.556. The number of rotatable bonds is 6. The Kier molecular flexibility index (Phi) is 9.31. The Labute approximate surface area is 144 Å². The number of likely N-dealkylation sites (tertiary alicyclic amines) is 1. The molecule has 2 rings (SSSR count). The monoisotopic (exact) mass is 354 g/mol. The van der Waals surface area contributed by atoms with Crippen molar-refractivity contribution >= 4 is 36.6 Å². The lowest BCUT2D eigenvalue weighted by molar-refractivity contribution is -0.127. The SMILES string of the molecule is CC(C)[C@H](N)C(=O)NCC(=O)NC1CCN(C2CC2)C1.Cl.Cl. The van der Waals surface area contributed by atoms with Gasteiger partial charge in [-0.3, -0.25) is 14.5 Å². The van der Waals surface area contributed by atoms with Crippen molar-refractivity contribution < 1.29 is 9.59 Å². The highest BCUT2D eigenvalue weighted by atomic mass is 35.5. The van der Waals surface area contributed by atoms with Crippen molar-refractivity contribution in [3.8, 4) is 0 Å². The van der Waals surface area contributed by atoms with Gasteiger partial charge in [-0.25, -0.2) is 0 Å². The Balaban J connectivity index is 0.00000220. The molecule has 4 N–H and O–H groups in total. The summed E-state index contributed by atoms with van der Waals surface area (Å²) in [4.78, 5) is 25.9. The van der Waals surface area contributed by atoms with E-state index in [0.29, 0.717) is 0 Å². The number of nitrogens with zero attached hydrogens (tertiary/aromatic N) is 1. The van der Waals surface area contributed by atoms with Crippen LogP contribution >= 0.6 is 24.8 Å². The van der Waals surface area contributed by atoms with Gasteiger partial charge in [0.05, 0.1) is 12.6 Å². The predicted octanol–water partition coefficient (Wildman–Crippen LogP) is 0.282. The molecule has 2 fully saturated rings. The van der Waals surface area contributed by atoms with E-state index in [1.54, 1.807) is 0 Å². The van der Waals surface area contributed by atoms with Crippen molar-refractivity contribution in [1.82, 2.24) is 15.5 Å². The molecule has 2 atom stereocenters. The molecule has 1 aliphatic heterocycles. The third kappa shape index (κ3) is 6.28. The summed E-state index contributed by atoms with van der Waals surface area (Å²) >= 11 is 0. The number of nitrogens with one attached hydrogen (secondary N) is 2. The van der Waals surface area contributed by atoms with Crippen LogP contribution in [0.5, 0.6) is 0 Å². The van der Waals surface area contributed by atoms with Crippen LogP contribution in [0.4, 0.5) is 0 Å². The first kappa shape index (κ1) is 21.4. The Bertz CT molecular complexity index is 378. The van der Waals surface area contributed by atoms with E-state index in [4.69, 9.17) is 5.73 Å². The van der Waals surface area contributed by atoms with Gasteiger partial charge in [0, 0.05) is 25.2 Å². The fourth-order valence-electron chi connectivity index (χ4n) is 2.54. The zero-order valence-corrected chi connectivity index (χ0v) is 14.8. The molecule has 130 valence electrons. The molecule has 8 heteroatoms. The molecule has 22 heavy (non-hydrogen) atoms. The highest BCUT2D eigenvalue weighted by Crippen LogP contribution is 2.29. The van der Waals surface area contributed by atoms with Gasteiger partial charge in [-0.15, -0.1) is 24.8 Å². The van der Waals surface area contributed by atoms with Crippen LogP contribution in [0.25, 0.3) is 0 Å². The maximum Gasteiger partial charge on any atom is 0.239 e. The van der Waals surface area contributed by atoms with Gasteiger partial charge in [0.1, 0.15) is 0 Å². The molecule has 2 amide bonds. The molecule has 6 nitrogen and oxygen atoms in total. The maximum absolute atomic E-state index is 11.8. The Hall–Kier alpha value is -0.560. The topological polar surface area (TPSA) is 87.5 Å². The molecule has 0 aromatic rings. The molecule has 2 aliphatic rings. The first-order valence-electron chi connectivity index (χ1n) is 7.54. The van der Waals surface area contributed by atoms with Crippen molar-refractivity contribution in [2.75, 3.05) is 19.6 Å². The minimum absolute atomic E-state index is 0. The van der Waals surface area contributed by atoms with Crippen molar-refractivity contribution in [1.29, 1.82) is 0 Å². The van der Waals surface area contributed by atoms with Crippen LogP contribution < -0.4 is 16.4 Å². The Morgan fingerprint density at radius 1 is 1.23 bits per heavy atom. The Morgan fingerprint density at radius 3 is 2.41 bits per heavy atom. The molecule has 0 aromatic carbocycles. The smallest absolute Gasteiger partial charge is 0.239 e. The normalized spacial score (nSPS) is 22.5. The highest BCUT2D eigenvalue weighted by molar-refractivity contribution is 5.87. The highest BCUT2D eigenvalue weighted by Gasteiger charge is 2.34. The number of carbonyl (C=O) groups is 2. The van der Waals surface area contributed by atoms with Gasteiger partial charge in [0.15, 0.2) is 0 Å². The number of halogens is 2. The van der Waals surface area contributed by atoms with Gasteiger partial charge >= 0.3 is 0 Å². The molecule has 1 heterocycles. The van der Waals surface area contributed by atoms with Gasteiger partial charge in [0.25, 0.3) is 0 Å². The van der Waals surface area contributed by atoms with Crippen molar-refractivity contribution in [3.05, 3.63) is 0 Å². The third-order valence-corrected chi connectivity index (χ3v) is 4.09. The average molecular weight is 355 g/mol. The summed E-state index contributed by atoms with van der Waals surface area (Å²) in [6.45, 7) is 5.79. The molecule has 1 saturated carbocycles. The van der Waals surface area contributed by atoms with E-state index in [9.17, 15) is 9.59 Å². The first-order chi connectivity index (χ1) is 9.47. The van der Waals surface area contributed by atoms with Gasteiger partial charge in [-0.1, -0.05) is 13.8 Å². The van der Waals surface area contributed by atoms with Crippen LogP contribution in [0.2, 0.25) is 0 Å². The zero-order valence-electron chi connectivity index (χ0n) is 13.2. The summed E-state index contributed by atoms with van der Waals surface area (Å²) in [6.07, 6.45) is 3.59. The summed E-state index contributed by atoms with van der Waals surface area (Å²) < 4.78 is 0. The van der Waals surface area contributed by atoms with Gasteiger partial charge in [0.2, 0.25) is 11.8 Å². The molecule has 0 aromatic heterocycles. The van der Waals surface area contributed by atoms with Crippen molar-refractivity contribution in [3.63, 3.8) is 0 Å². The molecule has 0 bridgehead atoms. The molecule has 1 saturated heterocycles. The molecule has 1 unspecified atom stereocenters. The largest absolute Gasteiger partial charge is 0.350 e. The van der Waals surface area contributed by atoms with E-state index in [1.807, 2.05) is 13.8 Å². The lowest BCUT2D eigenvalue weighted by atomic mass is 10.1. The lowest BCUT2D eigenvalue weighted by Crippen LogP contribution is -2.48. The van der Waals surface area contributed by atoms with Crippen LogP contribution in [-0.2, 0) is 9.59 Å². The minimum Gasteiger partial charge on any atom is -0.350 e. The molecule has 1 aliphatic carbocycles. The van der Waals surface area contributed by atoms with Crippen LogP contribution in [0, 0.1) is 5.92 Å². The average Bonchev–Trinajstić information content (AvgIpc) is 3.16. The first-order valence-corrected chi connectivity index (χ1v) is 7.54. The van der Waals surface area contributed by atoms with Crippen molar-refractivity contribution in [2.45, 2.75) is 51.2 Å². The van der Waals surface area contributed by atoms with E-state index in [0.717, 1.165) is 25.6 Å². The lowest BCUT2D eigenvalue weighted by Gasteiger charge is -2.17. The number of amides is 2. The Morgan fingerprint density at radius 2 is 1.86 bits per heavy atom. The number of nitrogens with two attached hydrogens (primary N) is 1. The summed E-state index contributed by atoms with van der Waals surface area (Å²) in [5, 5.41) is 5.57. The molecular formula is C14H28Cl2N4O2. The van der Waals surface area contributed by atoms with Gasteiger partial charge in [-0.05, 0) is 25.2 Å². The zero-order chi connectivity index (χ0) is 14.7. The van der Waals surface area contributed by atoms with Gasteiger partial charge < -0.3 is 16.4 Å². The third-order valence-electron chi connectivity index (χ3n) is 4.09. The van der Waals surface area contributed by atoms with Crippen LogP contribution in [0.3, 0.4) is 0 Å². The fraction of sp³-hybridized carbons (Fsp3) is 0.857. The second-order valence-electron chi connectivity index (χ2n) is 6.27. The van der Waals surface area contributed by atoms with Crippen LogP contribution in [-0.4, -0.2) is 54.5 Å². The summed E-state index contributed by atoms with van der Waals surface area (Å²) in [6, 6.07) is 0.416. The maximum atomic E-state index is 11.8. The molecular weight excluding hydrogens is 327 g/mol. The quantitative estimate of drug-likeness (QED) is 0.639. The predicted molar refractivity (Wildman–Crippen MR) is 91.5 cm³/mol. The standard InChI is InChI=1S/C14H26N4O2.2ClH/c1-9(2)13(15)14(20)16-7-12(19)17-10-5-6-18(8-10)11-3-4-11;;/h9-11,13H,3-8,15H2,1-2H3,(H,16,20)(H,17,19);2*1H/t10?,13-;;/m0../s1.